The molecule has 0 aliphatic heterocycles. The van der Waals surface area contributed by atoms with Crippen molar-refractivity contribution in [3.05, 3.63) is 83.9 Å². The van der Waals surface area contributed by atoms with Gasteiger partial charge in [-0.3, -0.25) is 10.1 Å². The number of nitrogens with one attached hydrogen (secondary N) is 1. The standard InChI is InChI=1S/C20H14FN3/c21-17-6-4-16(5-7-17)20-18-13-15(3-8-19(18)23-24-20)2-1-14-9-11-22-12-10-14/h1-13H,(H,23,24)/b2-1+. The summed E-state index contributed by atoms with van der Waals surface area (Å²) >= 11 is 0. The average Bonchev–Trinajstić information content (AvgIpc) is 3.05. The fourth-order valence-electron chi connectivity index (χ4n) is 2.63. The molecule has 0 saturated carbocycles. The number of rotatable bonds is 3. The van der Waals surface area contributed by atoms with E-state index in [0.29, 0.717) is 0 Å². The Hall–Kier alpha value is -3.27. The number of benzene rings is 2. The van der Waals surface area contributed by atoms with Crippen molar-refractivity contribution in [2.45, 2.75) is 0 Å². The molecule has 0 amide bonds. The maximum atomic E-state index is 13.1. The fraction of sp³-hybridized carbons (Fsp3) is 0. The first-order chi connectivity index (χ1) is 11.8. The van der Waals surface area contributed by atoms with Crippen LogP contribution in [0.2, 0.25) is 0 Å². The molecule has 0 saturated heterocycles. The summed E-state index contributed by atoms with van der Waals surface area (Å²) in [6.07, 6.45) is 7.63. The van der Waals surface area contributed by atoms with Crippen LogP contribution < -0.4 is 0 Å². The van der Waals surface area contributed by atoms with Gasteiger partial charge in [0.15, 0.2) is 0 Å². The minimum Gasteiger partial charge on any atom is -0.277 e. The van der Waals surface area contributed by atoms with E-state index in [1.807, 2.05) is 30.3 Å². The number of hydrogen-bond acceptors (Lipinski definition) is 2. The van der Waals surface area contributed by atoms with Gasteiger partial charge in [0.25, 0.3) is 0 Å². The number of aromatic nitrogens is 3. The Morgan fingerprint density at radius 3 is 2.38 bits per heavy atom. The van der Waals surface area contributed by atoms with Crippen LogP contribution in [0.5, 0.6) is 0 Å². The molecule has 2 aromatic carbocycles. The molecule has 1 N–H and O–H groups in total. The summed E-state index contributed by atoms with van der Waals surface area (Å²) in [6.45, 7) is 0. The van der Waals surface area contributed by atoms with Crippen molar-refractivity contribution in [2.75, 3.05) is 0 Å². The molecule has 2 heterocycles. The molecule has 0 atom stereocenters. The number of nitrogens with zero attached hydrogens (tertiary/aromatic N) is 2. The zero-order valence-corrected chi connectivity index (χ0v) is 12.8. The van der Waals surface area contributed by atoms with Crippen molar-refractivity contribution in [3.63, 3.8) is 0 Å². The maximum absolute atomic E-state index is 13.1. The molecule has 0 spiro atoms. The summed E-state index contributed by atoms with van der Waals surface area (Å²) < 4.78 is 13.1. The number of hydrogen-bond donors (Lipinski definition) is 1. The highest BCUT2D eigenvalue weighted by Gasteiger charge is 2.08. The van der Waals surface area contributed by atoms with E-state index in [1.165, 1.54) is 12.1 Å². The number of fused-ring (bicyclic) bond motifs is 1. The Bertz CT molecular complexity index is 1000. The van der Waals surface area contributed by atoms with Gasteiger partial charge in [-0.2, -0.15) is 5.10 Å². The molecule has 4 aromatic rings. The van der Waals surface area contributed by atoms with Gasteiger partial charge in [-0.05, 0) is 59.7 Å². The lowest BCUT2D eigenvalue weighted by Crippen LogP contribution is -1.80. The number of halogens is 1. The third-order valence-corrected chi connectivity index (χ3v) is 3.88. The van der Waals surface area contributed by atoms with Crippen LogP contribution in [0, 0.1) is 5.82 Å². The van der Waals surface area contributed by atoms with Gasteiger partial charge in [-0.1, -0.05) is 18.2 Å². The lowest BCUT2D eigenvalue weighted by atomic mass is 10.0. The Balaban J connectivity index is 1.73. The third kappa shape index (κ3) is 2.82. The van der Waals surface area contributed by atoms with Gasteiger partial charge in [0.1, 0.15) is 5.82 Å². The van der Waals surface area contributed by atoms with E-state index >= 15 is 0 Å². The minimum atomic E-state index is -0.250. The van der Waals surface area contributed by atoms with Gasteiger partial charge in [0.05, 0.1) is 11.2 Å². The highest BCUT2D eigenvalue weighted by atomic mass is 19.1. The van der Waals surface area contributed by atoms with Crippen molar-refractivity contribution in [1.82, 2.24) is 15.2 Å². The summed E-state index contributed by atoms with van der Waals surface area (Å²) in [5.41, 5.74) is 4.83. The minimum absolute atomic E-state index is 0.250. The Morgan fingerprint density at radius 2 is 1.58 bits per heavy atom. The molecule has 0 radical (unpaired) electrons. The second-order valence-corrected chi connectivity index (χ2v) is 5.50. The van der Waals surface area contributed by atoms with Gasteiger partial charge in [-0.15, -0.1) is 0 Å². The summed E-state index contributed by atoms with van der Waals surface area (Å²) in [4.78, 5) is 4.01. The fourth-order valence-corrected chi connectivity index (χ4v) is 2.63. The van der Waals surface area contributed by atoms with Crippen molar-refractivity contribution in [3.8, 4) is 11.3 Å². The molecule has 3 nitrogen and oxygen atoms in total. The molecule has 0 bridgehead atoms. The van der Waals surface area contributed by atoms with Gasteiger partial charge < -0.3 is 0 Å². The average molecular weight is 315 g/mol. The summed E-state index contributed by atoms with van der Waals surface area (Å²) in [5.74, 6) is -0.250. The zero-order chi connectivity index (χ0) is 16.4. The molecule has 0 aliphatic rings. The van der Waals surface area contributed by atoms with Crippen LogP contribution >= 0.6 is 0 Å². The largest absolute Gasteiger partial charge is 0.277 e. The van der Waals surface area contributed by atoms with Crippen LogP contribution in [-0.2, 0) is 0 Å². The first kappa shape index (κ1) is 14.3. The van der Waals surface area contributed by atoms with Crippen LogP contribution in [0.1, 0.15) is 11.1 Å². The first-order valence-corrected chi connectivity index (χ1v) is 7.62. The van der Waals surface area contributed by atoms with Gasteiger partial charge >= 0.3 is 0 Å². The Kier molecular flexibility index (Phi) is 3.63. The highest BCUT2D eigenvalue weighted by molar-refractivity contribution is 5.94. The monoisotopic (exact) mass is 315 g/mol. The molecule has 116 valence electrons. The van der Waals surface area contributed by atoms with E-state index < -0.39 is 0 Å². The maximum Gasteiger partial charge on any atom is 0.123 e. The van der Waals surface area contributed by atoms with E-state index in [1.54, 1.807) is 24.5 Å². The zero-order valence-electron chi connectivity index (χ0n) is 12.8. The van der Waals surface area contributed by atoms with Crippen molar-refractivity contribution in [2.24, 2.45) is 0 Å². The van der Waals surface area contributed by atoms with Gasteiger partial charge in [-0.25, -0.2) is 4.39 Å². The van der Waals surface area contributed by atoms with E-state index in [2.05, 4.69) is 27.3 Å². The Morgan fingerprint density at radius 1 is 0.833 bits per heavy atom. The van der Waals surface area contributed by atoms with Crippen LogP contribution in [0.4, 0.5) is 4.39 Å². The third-order valence-electron chi connectivity index (χ3n) is 3.88. The first-order valence-electron chi connectivity index (χ1n) is 7.62. The molecule has 4 heteroatoms. The second kappa shape index (κ2) is 6.08. The van der Waals surface area contributed by atoms with Crippen molar-refractivity contribution < 1.29 is 4.39 Å². The summed E-state index contributed by atoms with van der Waals surface area (Å²) in [5, 5.41) is 8.41. The number of aromatic amines is 1. The van der Waals surface area contributed by atoms with Crippen LogP contribution in [-0.4, -0.2) is 15.2 Å². The Labute approximate surface area is 138 Å². The van der Waals surface area contributed by atoms with E-state index in [-0.39, 0.29) is 5.82 Å². The predicted molar refractivity (Wildman–Crippen MR) is 94.7 cm³/mol. The highest BCUT2D eigenvalue weighted by Crippen LogP contribution is 2.27. The molecule has 2 aromatic heterocycles. The molecular weight excluding hydrogens is 301 g/mol. The van der Waals surface area contributed by atoms with E-state index in [9.17, 15) is 4.39 Å². The van der Waals surface area contributed by atoms with E-state index in [0.717, 1.165) is 33.3 Å². The lowest BCUT2D eigenvalue weighted by molar-refractivity contribution is 0.628. The molecule has 0 fully saturated rings. The predicted octanol–water partition coefficient (Wildman–Crippen LogP) is 4.93. The quantitative estimate of drug-likeness (QED) is 0.582. The topological polar surface area (TPSA) is 41.6 Å². The number of H-pyrrole nitrogens is 1. The second-order valence-electron chi connectivity index (χ2n) is 5.50. The normalized spacial score (nSPS) is 11.4. The van der Waals surface area contributed by atoms with Crippen LogP contribution in [0.3, 0.4) is 0 Å². The summed E-state index contributed by atoms with van der Waals surface area (Å²) in [7, 11) is 0. The van der Waals surface area contributed by atoms with Crippen LogP contribution in [0.25, 0.3) is 34.3 Å². The molecule has 4 rings (SSSR count). The van der Waals surface area contributed by atoms with Crippen molar-refractivity contribution >= 4 is 23.1 Å². The SMILES string of the molecule is Fc1ccc(-c2n[nH]c3ccc(/C=C/c4ccncc4)cc23)cc1. The number of pyridine rings is 1. The molecule has 0 unspecified atom stereocenters. The van der Waals surface area contributed by atoms with Crippen LogP contribution in [0.15, 0.2) is 67.0 Å². The van der Waals surface area contributed by atoms with E-state index in [4.69, 9.17) is 0 Å². The van der Waals surface area contributed by atoms with Gasteiger partial charge in [0.2, 0.25) is 0 Å². The molecule has 24 heavy (non-hydrogen) atoms. The smallest absolute Gasteiger partial charge is 0.123 e. The van der Waals surface area contributed by atoms with Gasteiger partial charge in [0, 0.05) is 23.3 Å². The lowest BCUT2D eigenvalue weighted by Gasteiger charge is -1.99. The summed E-state index contributed by atoms with van der Waals surface area (Å²) in [6, 6.07) is 16.4. The molecular formula is C20H14FN3. The molecule has 0 aliphatic carbocycles. The van der Waals surface area contributed by atoms with Crippen molar-refractivity contribution in [1.29, 1.82) is 0 Å².